The number of alkyl halides is 1. The first kappa shape index (κ1) is 22.7. The number of methoxy groups -OCH3 is 1. The number of piperidine rings is 1. The van der Waals surface area contributed by atoms with E-state index in [9.17, 15) is 5.11 Å². The Balaban J connectivity index is 1.33. The molecule has 0 unspecified atom stereocenters. The minimum absolute atomic E-state index is 0.131. The highest BCUT2D eigenvalue weighted by atomic mass is 35.5. The van der Waals surface area contributed by atoms with Crippen molar-refractivity contribution in [2.75, 3.05) is 26.6 Å². The lowest BCUT2D eigenvalue weighted by Crippen LogP contribution is -2.70. The van der Waals surface area contributed by atoms with E-state index in [1.807, 2.05) is 6.07 Å². The highest BCUT2D eigenvalue weighted by molar-refractivity contribution is 6.18. The van der Waals surface area contributed by atoms with Gasteiger partial charge < -0.3 is 19.5 Å². The molecule has 182 valence electrons. The molecule has 0 radical (unpaired) electrons. The van der Waals surface area contributed by atoms with E-state index in [0.29, 0.717) is 17.8 Å². The molecule has 6 rings (SSSR count). The average molecular weight is 482 g/mol. The van der Waals surface area contributed by atoms with Gasteiger partial charge in [-0.05, 0) is 75.2 Å². The Morgan fingerprint density at radius 3 is 2.76 bits per heavy atom. The molecule has 0 amide bonds. The number of unbranched alkanes of at least 4 members (excludes halogenated alkanes) is 1. The van der Waals surface area contributed by atoms with Gasteiger partial charge in [-0.15, -0.1) is 11.6 Å². The van der Waals surface area contributed by atoms with Crippen molar-refractivity contribution >= 4 is 11.6 Å². The summed E-state index contributed by atoms with van der Waals surface area (Å²) in [4.78, 5) is 2.55. The summed E-state index contributed by atoms with van der Waals surface area (Å²) < 4.78 is 12.5. The topological polar surface area (TPSA) is 41.9 Å². The Hall–Kier alpha value is -1.75. The smallest absolute Gasteiger partial charge is 0.165 e. The predicted molar refractivity (Wildman–Crippen MR) is 135 cm³/mol. The highest BCUT2D eigenvalue weighted by Gasteiger charge is 2.69. The number of likely N-dealkylation sites (N-methyl/N-ethyl adjacent to an activating group) is 1. The number of hydrogen-bond donors (Lipinski definition) is 1. The van der Waals surface area contributed by atoms with Gasteiger partial charge in [0.25, 0.3) is 0 Å². The van der Waals surface area contributed by atoms with Gasteiger partial charge in [-0.1, -0.05) is 42.8 Å². The van der Waals surface area contributed by atoms with Crippen LogP contribution in [0.3, 0.4) is 0 Å². The number of benzene rings is 2. The van der Waals surface area contributed by atoms with Gasteiger partial charge in [0.05, 0.1) is 13.2 Å². The number of rotatable bonds is 7. The first-order valence-corrected chi connectivity index (χ1v) is 13.4. The van der Waals surface area contributed by atoms with Gasteiger partial charge in [-0.2, -0.15) is 0 Å². The van der Waals surface area contributed by atoms with Crippen molar-refractivity contribution in [3.05, 3.63) is 59.2 Å². The Labute approximate surface area is 208 Å². The van der Waals surface area contributed by atoms with Gasteiger partial charge in [-0.3, -0.25) is 0 Å². The van der Waals surface area contributed by atoms with Crippen LogP contribution in [0, 0.1) is 11.3 Å². The molecule has 2 aliphatic heterocycles. The van der Waals surface area contributed by atoms with Crippen LogP contribution in [0.2, 0.25) is 0 Å². The molecular formula is C29H36ClNO3. The lowest BCUT2D eigenvalue weighted by molar-refractivity contribution is -0.160. The molecule has 2 fully saturated rings. The maximum absolute atomic E-state index is 12.0. The number of aliphatic hydroxyl groups excluding tert-OH is 1. The fourth-order valence-electron chi connectivity index (χ4n) is 7.93. The van der Waals surface area contributed by atoms with Crippen LogP contribution in [0.5, 0.6) is 11.5 Å². The monoisotopic (exact) mass is 481 g/mol. The second-order valence-electron chi connectivity index (χ2n) is 11.2. The van der Waals surface area contributed by atoms with E-state index in [-0.39, 0.29) is 16.9 Å². The number of aliphatic hydroxyl groups is 1. The predicted octanol–water partition coefficient (Wildman–Crippen LogP) is 4.97. The molecule has 1 N–H and O–H groups in total. The molecule has 4 aliphatic rings. The molecule has 1 spiro atoms. The molecule has 5 heteroatoms. The van der Waals surface area contributed by atoms with Crippen LogP contribution in [0.1, 0.15) is 48.8 Å². The van der Waals surface area contributed by atoms with E-state index in [0.717, 1.165) is 63.0 Å². The zero-order chi connectivity index (χ0) is 23.5. The van der Waals surface area contributed by atoms with E-state index in [1.54, 1.807) is 7.11 Å². The zero-order valence-electron chi connectivity index (χ0n) is 20.3. The molecule has 2 aromatic rings. The van der Waals surface area contributed by atoms with Gasteiger partial charge in [0.2, 0.25) is 0 Å². The lowest BCUT2D eigenvalue weighted by Gasteiger charge is -2.62. The summed E-state index contributed by atoms with van der Waals surface area (Å²) in [5, 5.41) is 12.0. The average Bonchev–Trinajstić information content (AvgIpc) is 3.22. The Morgan fingerprint density at radius 1 is 1.18 bits per heavy atom. The Morgan fingerprint density at radius 2 is 2.00 bits per heavy atom. The highest BCUT2D eigenvalue weighted by Crippen LogP contribution is 2.67. The van der Waals surface area contributed by atoms with Crippen LogP contribution in [0.25, 0.3) is 0 Å². The third-order valence-corrected chi connectivity index (χ3v) is 10.2. The van der Waals surface area contributed by atoms with Crippen molar-refractivity contribution in [2.24, 2.45) is 11.3 Å². The molecule has 1 saturated heterocycles. The SMILES string of the molecule is COc1ccc2c3c1O[C@H]1[C@H](O)[C@@](CCl)(CCCCc4ccccc4)C[C@H]4[C@@H](C2)N(C)CC[C@@]341. The van der Waals surface area contributed by atoms with Crippen molar-refractivity contribution in [2.45, 2.75) is 68.6 Å². The molecule has 6 atom stereocenters. The van der Waals surface area contributed by atoms with E-state index in [4.69, 9.17) is 21.1 Å². The van der Waals surface area contributed by atoms with Gasteiger partial charge in [0, 0.05) is 28.3 Å². The van der Waals surface area contributed by atoms with E-state index < -0.39 is 6.10 Å². The van der Waals surface area contributed by atoms with Crippen molar-refractivity contribution in [1.29, 1.82) is 0 Å². The fraction of sp³-hybridized carbons (Fsp3) is 0.586. The summed E-state index contributed by atoms with van der Waals surface area (Å²) in [6, 6.07) is 15.4. The maximum Gasteiger partial charge on any atom is 0.165 e. The van der Waals surface area contributed by atoms with Crippen LogP contribution in [-0.4, -0.2) is 54.8 Å². The van der Waals surface area contributed by atoms with E-state index in [1.165, 1.54) is 16.7 Å². The van der Waals surface area contributed by atoms with Crippen LogP contribution >= 0.6 is 11.6 Å². The summed E-state index contributed by atoms with van der Waals surface area (Å²) in [5.41, 5.74) is 3.63. The lowest BCUT2D eigenvalue weighted by atomic mass is 9.46. The third-order valence-electron chi connectivity index (χ3n) is 9.68. The standard InChI is InChI=1S/C29H36ClNO3/c1-31-15-14-29-21-17-28(18-30,13-7-6-10-19-8-4-3-5-9-19)26(32)27(29)34-25-23(33-2)12-11-20(24(25)29)16-22(21)31/h3-5,8-9,11-12,21-22,26-27,32H,6-7,10,13-18H2,1-2H3/t21-,22+,26-,27-,28-,29-/m0/s1. The van der Waals surface area contributed by atoms with Gasteiger partial charge in [0.15, 0.2) is 11.5 Å². The first-order valence-electron chi connectivity index (χ1n) is 12.9. The van der Waals surface area contributed by atoms with Gasteiger partial charge in [0.1, 0.15) is 6.10 Å². The molecule has 0 aromatic heterocycles. The Bertz CT molecular complexity index is 1060. The fourth-order valence-corrected chi connectivity index (χ4v) is 8.33. The molecule has 34 heavy (non-hydrogen) atoms. The molecule has 2 bridgehead atoms. The zero-order valence-corrected chi connectivity index (χ0v) is 21.1. The summed E-state index contributed by atoms with van der Waals surface area (Å²) in [5.74, 6) is 2.59. The van der Waals surface area contributed by atoms with E-state index >= 15 is 0 Å². The van der Waals surface area contributed by atoms with Crippen LogP contribution in [0.4, 0.5) is 0 Å². The van der Waals surface area contributed by atoms with Crippen LogP contribution in [-0.2, 0) is 18.3 Å². The maximum atomic E-state index is 12.0. The number of nitrogens with zero attached hydrogens (tertiary/aromatic N) is 1. The van der Waals surface area contributed by atoms with Crippen LogP contribution < -0.4 is 9.47 Å². The third kappa shape index (κ3) is 3.11. The molecule has 2 heterocycles. The summed E-state index contributed by atoms with van der Waals surface area (Å²) in [7, 11) is 3.98. The second kappa shape index (κ2) is 8.43. The number of likely N-dealkylation sites (tertiary alicyclic amines) is 1. The normalized spacial score (nSPS) is 35.5. The second-order valence-corrected chi connectivity index (χ2v) is 11.4. The molecule has 4 nitrogen and oxygen atoms in total. The molecule has 2 aromatic carbocycles. The van der Waals surface area contributed by atoms with E-state index in [2.05, 4.69) is 48.3 Å². The van der Waals surface area contributed by atoms with Crippen molar-refractivity contribution in [3.8, 4) is 11.5 Å². The quantitative estimate of drug-likeness (QED) is 0.447. The molecular weight excluding hydrogens is 446 g/mol. The van der Waals surface area contributed by atoms with Crippen molar-refractivity contribution < 1.29 is 14.6 Å². The van der Waals surface area contributed by atoms with Gasteiger partial charge in [-0.25, -0.2) is 0 Å². The van der Waals surface area contributed by atoms with Gasteiger partial charge >= 0.3 is 0 Å². The summed E-state index contributed by atoms with van der Waals surface area (Å²) in [6.45, 7) is 1.04. The number of hydrogen-bond acceptors (Lipinski definition) is 4. The minimum atomic E-state index is -0.579. The number of aryl methyl sites for hydroxylation is 1. The van der Waals surface area contributed by atoms with Crippen LogP contribution in [0.15, 0.2) is 42.5 Å². The Kier molecular flexibility index (Phi) is 5.63. The number of halogens is 1. The first-order chi connectivity index (χ1) is 16.5. The summed E-state index contributed by atoms with van der Waals surface area (Å²) >= 11 is 6.76. The van der Waals surface area contributed by atoms with Crippen molar-refractivity contribution in [3.63, 3.8) is 0 Å². The largest absolute Gasteiger partial charge is 0.493 e. The van der Waals surface area contributed by atoms with Crippen molar-refractivity contribution in [1.82, 2.24) is 4.90 Å². The number of ether oxygens (including phenoxy) is 2. The molecule has 1 saturated carbocycles. The molecule has 2 aliphatic carbocycles. The summed E-state index contributed by atoms with van der Waals surface area (Å²) in [6.07, 6.45) is 6.37. The minimum Gasteiger partial charge on any atom is -0.493 e.